The minimum atomic E-state index is -1.15. The van der Waals surface area contributed by atoms with Crippen LogP contribution in [0.3, 0.4) is 0 Å². The lowest BCUT2D eigenvalue weighted by atomic mass is 10.0. The number of rotatable bonds is 10. The standard InChI is InChI=1S/C26H33N5O2Si/c1-19-6-5-7-24(30-19)26-25(29-17-31(26)18-33-12-13-34(2,3)4)20-8-9-23-21(14-20)15-22(16-28-23)27-10-11-32/h5-9,14-17,27,32H,10-13,18H2,1-4H3/q-1. The Labute approximate surface area is 201 Å². The largest absolute Gasteiger partial charge is 0.395 e. The van der Waals surface area contributed by atoms with E-state index in [1.54, 1.807) is 6.20 Å². The number of anilines is 1. The molecule has 179 valence electrons. The van der Waals surface area contributed by atoms with Crippen LogP contribution in [0.4, 0.5) is 5.69 Å². The summed E-state index contributed by atoms with van der Waals surface area (Å²) in [6.45, 7) is 10.8. The van der Waals surface area contributed by atoms with Crippen LogP contribution in [0, 0.1) is 6.92 Å². The van der Waals surface area contributed by atoms with Crippen molar-refractivity contribution in [2.75, 3.05) is 25.1 Å². The van der Waals surface area contributed by atoms with Gasteiger partial charge in [-0.3, -0.25) is 9.97 Å². The average Bonchev–Trinajstić information content (AvgIpc) is 3.23. The average molecular weight is 476 g/mol. The topological polar surface area (TPSA) is 85.1 Å². The van der Waals surface area contributed by atoms with Crippen LogP contribution in [0.15, 0.2) is 55.0 Å². The van der Waals surface area contributed by atoms with Gasteiger partial charge >= 0.3 is 0 Å². The molecule has 7 nitrogen and oxygen atoms in total. The van der Waals surface area contributed by atoms with Gasteiger partial charge in [-0.15, -0.1) is 14.1 Å². The Morgan fingerprint density at radius 1 is 1.09 bits per heavy atom. The first-order valence-corrected chi connectivity index (χ1v) is 15.4. The molecule has 3 heterocycles. The van der Waals surface area contributed by atoms with E-state index in [1.807, 2.05) is 54.2 Å². The third kappa shape index (κ3) is 5.88. The van der Waals surface area contributed by atoms with Gasteiger partial charge in [-0.05, 0) is 37.3 Å². The maximum Gasteiger partial charge on any atom is 0.124 e. The summed E-state index contributed by atoms with van der Waals surface area (Å²) in [6.07, 6.45) is 3.62. The molecule has 0 spiro atoms. The molecule has 0 bridgehead atoms. The number of aliphatic hydroxyl groups is 1. The summed E-state index contributed by atoms with van der Waals surface area (Å²) >= 11 is 0. The smallest absolute Gasteiger partial charge is 0.124 e. The predicted molar refractivity (Wildman–Crippen MR) is 141 cm³/mol. The molecule has 0 unspecified atom stereocenters. The van der Waals surface area contributed by atoms with Crippen LogP contribution in [-0.4, -0.2) is 52.5 Å². The molecule has 1 aromatic carbocycles. The van der Waals surface area contributed by atoms with E-state index in [0.717, 1.165) is 57.6 Å². The molecule has 0 saturated carbocycles. The number of aliphatic hydroxyl groups excluding tert-OH is 1. The number of nitrogens with one attached hydrogen (secondary N) is 1. The van der Waals surface area contributed by atoms with Crippen molar-refractivity contribution in [2.24, 2.45) is 0 Å². The number of hydrogen-bond donors (Lipinski definition) is 2. The minimum absolute atomic E-state index is 0.0718. The van der Waals surface area contributed by atoms with Gasteiger partial charge in [0.15, 0.2) is 0 Å². The van der Waals surface area contributed by atoms with Crippen molar-refractivity contribution in [3.63, 3.8) is 0 Å². The third-order valence-electron chi connectivity index (χ3n) is 5.59. The van der Waals surface area contributed by atoms with Gasteiger partial charge in [-0.2, -0.15) is 19.6 Å². The van der Waals surface area contributed by atoms with E-state index >= 15 is 0 Å². The Morgan fingerprint density at radius 3 is 2.71 bits per heavy atom. The summed E-state index contributed by atoms with van der Waals surface area (Å²) in [6, 6.07) is 15.4. The molecular formula is C26H33N5O2Si-. The van der Waals surface area contributed by atoms with E-state index < -0.39 is 8.07 Å². The Hall–Kier alpha value is -3.07. The number of nitrogens with zero attached hydrogens (tertiary/aromatic N) is 4. The van der Waals surface area contributed by atoms with Crippen LogP contribution in [0.2, 0.25) is 25.7 Å². The second-order valence-corrected chi connectivity index (χ2v) is 15.3. The lowest BCUT2D eigenvalue weighted by Gasteiger charge is -2.26. The molecule has 3 aromatic heterocycles. The molecule has 2 N–H and O–H groups in total. The lowest BCUT2D eigenvalue weighted by Crippen LogP contribution is -2.22. The number of imidazole rings is 1. The molecule has 0 atom stereocenters. The normalized spacial score (nSPS) is 11.8. The number of fused-ring (bicyclic) bond motifs is 1. The van der Waals surface area contributed by atoms with Crippen LogP contribution in [-0.2, 0) is 11.5 Å². The van der Waals surface area contributed by atoms with E-state index in [4.69, 9.17) is 19.8 Å². The number of aryl methyl sites for hydroxylation is 1. The lowest BCUT2D eigenvalue weighted by molar-refractivity contribution is 0.0881. The summed E-state index contributed by atoms with van der Waals surface area (Å²) in [4.78, 5) is 14.1. The van der Waals surface area contributed by atoms with Crippen LogP contribution in [0.5, 0.6) is 0 Å². The van der Waals surface area contributed by atoms with E-state index in [-0.39, 0.29) is 6.61 Å². The Balaban J connectivity index is 1.70. The van der Waals surface area contributed by atoms with Crippen molar-refractivity contribution >= 4 is 24.7 Å². The summed E-state index contributed by atoms with van der Waals surface area (Å²) in [5.41, 5.74) is 6.41. The maximum atomic E-state index is 9.10. The number of benzene rings is 1. The Morgan fingerprint density at radius 2 is 1.94 bits per heavy atom. The number of ether oxygens (including phenoxy) is 1. The molecule has 0 aliphatic rings. The van der Waals surface area contributed by atoms with Crippen molar-refractivity contribution in [3.05, 3.63) is 60.7 Å². The summed E-state index contributed by atoms with van der Waals surface area (Å²) in [7, 11) is -1.15. The molecule has 0 aliphatic heterocycles. The zero-order chi connectivity index (χ0) is 24.1. The molecule has 0 fully saturated rings. The predicted octanol–water partition coefficient (Wildman–Crippen LogP) is 5.19. The van der Waals surface area contributed by atoms with Crippen molar-refractivity contribution in [3.8, 4) is 22.6 Å². The third-order valence-corrected chi connectivity index (χ3v) is 7.30. The van der Waals surface area contributed by atoms with Crippen LogP contribution < -0.4 is 5.32 Å². The fourth-order valence-corrected chi connectivity index (χ4v) is 4.51. The molecule has 0 radical (unpaired) electrons. The zero-order valence-corrected chi connectivity index (χ0v) is 21.4. The van der Waals surface area contributed by atoms with Crippen molar-refractivity contribution in [2.45, 2.75) is 39.3 Å². The van der Waals surface area contributed by atoms with Crippen molar-refractivity contribution in [1.82, 2.24) is 19.5 Å². The fourth-order valence-electron chi connectivity index (χ4n) is 3.75. The van der Waals surface area contributed by atoms with Crippen LogP contribution in [0.1, 0.15) is 5.69 Å². The first kappa shape index (κ1) is 24.1. The molecule has 4 aromatic rings. The molecule has 4 rings (SSSR count). The van der Waals surface area contributed by atoms with E-state index in [0.29, 0.717) is 13.3 Å². The van der Waals surface area contributed by atoms with Gasteiger partial charge in [-0.25, -0.2) is 4.98 Å². The highest BCUT2D eigenvalue weighted by Gasteiger charge is 2.17. The van der Waals surface area contributed by atoms with Crippen LogP contribution in [0.25, 0.3) is 33.5 Å². The Kier molecular flexibility index (Phi) is 7.40. The zero-order valence-electron chi connectivity index (χ0n) is 20.4. The molecule has 34 heavy (non-hydrogen) atoms. The number of aromatic nitrogens is 4. The van der Waals surface area contributed by atoms with Gasteiger partial charge < -0.3 is 19.7 Å². The monoisotopic (exact) mass is 475 g/mol. The first-order chi connectivity index (χ1) is 16.3. The first-order valence-electron chi connectivity index (χ1n) is 11.7. The van der Waals surface area contributed by atoms with E-state index in [1.165, 1.54) is 0 Å². The van der Waals surface area contributed by atoms with Gasteiger partial charge in [0.2, 0.25) is 0 Å². The summed E-state index contributed by atoms with van der Waals surface area (Å²) in [5.74, 6) is 0. The highest BCUT2D eigenvalue weighted by molar-refractivity contribution is 6.76. The summed E-state index contributed by atoms with van der Waals surface area (Å²) in [5, 5.41) is 13.3. The highest BCUT2D eigenvalue weighted by Crippen LogP contribution is 2.32. The fraction of sp³-hybridized carbons (Fsp3) is 0.346. The van der Waals surface area contributed by atoms with E-state index in [2.05, 4.69) is 36.0 Å². The summed E-state index contributed by atoms with van der Waals surface area (Å²) < 4.78 is 8.10. The molecule has 0 aliphatic carbocycles. The minimum Gasteiger partial charge on any atom is -0.395 e. The number of hydrogen-bond acceptors (Lipinski definition) is 6. The highest BCUT2D eigenvalue weighted by atomic mass is 28.3. The van der Waals surface area contributed by atoms with Crippen molar-refractivity contribution < 1.29 is 9.84 Å². The second kappa shape index (κ2) is 10.5. The molecule has 0 saturated heterocycles. The molecule has 0 amide bonds. The second-order valence-electron chi connectivity index (χ2n) is 9.71. The molecule has 8 heteroatoms. The van der Waals surface area contributed by atoms with Gasteiger partial charge in [0, 0.05) is 29.8 Å². The maximum absolute atomic E-state index is 9.10. The number of pyridine rings is 2. The van der Waals surface area contributed by atoms with Crippen molar-refractivity contribution in [1.29, 1.82) is 0 Å². The SMILES string of the molecule is Cc1cccc(-c2c(-c3ccc4ncc(NCCO)cc4c3)ncn2COCC[Si-](C)(C)C)n1. The van der Waals surface area contributed by atoms with E-state index in [9.17, 15) is 0 Å². The van der Waals surface area contributed by atoms with Gasteiger partial charge in [0.25, 0.3) is 0 Å². The van der Waals surface area contributed by atoms with Gasteiger partial charge in [0.1, 0.15) is 6.73 Å². The molecular weight excluding hydrogens is 442 g/mol. The van der Waals surface area contributed by atoms with Gasteiger partial charge in [0.05, 0.1) is 47.4 Å². The van der Waals surface area contributed by atoms with Gasteiger partial charge in [-0.1, -0.05) is 12.1 Å². The van der Waals surface area contributed by atoms with Crippen LogP contribution >= 0.6 is 0 Å². The quantitative estimate of drug-likeness (QED) is 0.243. The Bertz CT molecular complexity index is 1270.